The summed E-state index contributed by atoms with van der Waals surface area (Å²) >= 11 is 0. The van der Waals surface area contributed by atoms with Crippen molar-refractivity contribution in [1.29, 1.82) is 5.26 Å². The van der Waals surface area contributed by atoms with E-state index in [0.29, 0.717) is 6.42 Å². The molecule has 0 fully saturated rings. The van der Waals surface area contributed by atoms with Crippen molar-refractivity contribution in [3.05, 3.63) is 30.0 Å². The topological polar surface area (TPSA) is 41.6 Å². The zero-order chi connectivity index (χ0) is 9.97. The Morgan fingerprint density at radius 1 is 1.43 bits per heavy atom. The van der Waals surface area contributed by atoms with E-state index in [2.05, 4.69) is 17.2 Å². The molecule has 0 N–H and O–H groups in total. The molecular weight excluding hydrogens is 174 g/mol. The van der Waals surface area contributed by atoms with Gasteiger partial charge in [0.2, 0.25) is 0 Å². The van der Waals surface area contributed by atoms with Crippen LogP contribution in [0, 0.1) is 11.3 Å². The molecule has 0 aliphatic heterocycles. The van der Waals surface area contributed by atoms with Crippen LogP contribution in [0.25, 0.3) is 10.9 Å². The van der Waals surface area contributed by atoms with Crippen LogP contribution in [-0.2, 0) is 13.5 Å². The summed E-state index contributed by atoms with van der Waals surface area (Å²) in [5.41, 5.74) is 2.14. The molecule has 0 bridgehead atoms. The van der Waals surface area contributed by atoms with Crippen LogP contribution in [0.1, 0.15) is 12.1 Å². The number of aryl methyl sites for hydroxylation is 2. The molecule has 14 heavy (non-hydrogen) atoms. The quantitative estimate of drug-likeness (QED) is 0.718. The summed E-state index contributed by atoms with van der Waals surface area (Å²) in [6.45, 7) is 0. The van der Waals surface area contributed by atoms with Crippen LogP contribution in [0.2, 0.25) is 0 Å². The largest absolute Gasteiger partial charge is 0.268 e. The number of rotatable bonds is 2. The lowest BCUT2D eigenvalue weighted by Crippen LogP contribution is -1.91. The van der Waals surface area contributed by atoms with E-state index in [-0.39, 0.29) is 0 Å². The molecule has 1 heterocycles. The van der Waals surface area contributed by atoms with Gasteiger partial charge >= 0.3 is 0 Å². The number of nitrogens with zero attached hydrogens (tertiary/aromatic N) is 3. The van der Waals surface area contributed by atoms with Gasteiger partial charge in [-0.15, -0.1) is 0 Å². The molecule has 1 aromatic carbocycles. The van der Waals surface area contributed by atoms with Crippen LogP contribution in [0.5, 0.6) is 0 Å². The van der Waals surface area contributed by atoms with E-state index in [0.717, 1.165) is 23.0 Å². The first-order chi connectivity index (χ1) is 6.83. The molecule has 0 aliphatic carbocycles. The molecule has 1 aromatic heterocycles. The van der Waals surface area contributed by atoms with Crippen molar-refractivity contribution in [3.8, 4) is 6.07 Å². The molecule has 3 heteroatoms. The molecule has 0 atom stereocenters. The van der Waals surface area contributed by atoms with Gasteiger partial charge in [0.25, 0.3) is 0 Å². The molecule has 0 saturated heterocycles. The minimum Gasteiger partial charge on any atom is -0.268 e. The zero-order valence-electron chi connectivity index (χ0n) is 8.07. The summed E-state index contributed by atoms with van der Waals surface area (Å²) in [5.74, 6) is 0. The number of aromatic nitrogens is 2. The molecule has 0 spiro atoms. The molecule has 3 nitrogen and oxygen atoms in total. The van der Waals surface area contributed by atoms with E-state index in [1.54, 1.807) is 0 Å². The summed E-state index contributed by atoms with van der Waals surface area (Å²) in [4.78, 5) is 0. The molecule has 2 aromatic rings. The van der Waals surface area contributed by atoms with Gasteiger partial charge in [0.05, 0.1) is 17.3 Å². The number of fused-ring (bicyclic) bond motifs is 1. The van der Waals surface area contributed by atoms with Gasteiger partial charge in [-0.25, -0.2) is 0 Å². The second kappa shape index (κ2) is 3.51. The maximum atomic E-state index is 8.52. The summed E-state index contributed by atoms with van der Waals surface area (Å²) in [5, 5.41) is 14.1. The highest BCUT2D eigenvalue weighted by molar-refractivity contribution is 5.81. The Morgan fingerprint density at radius 3 is 3.00 bits per heavy atom. The lowest BCUT2D eigenvalue weighted by molar-refractivity contribution is 0.762. The van der Waals surface area contributed by atoms with Gasteiger partial charge in [0, 0.05) is 25.3 Å². The lowest BCUT2D eigenvalue weighted by Gasteiger charge is -1.91. The van der Waals surface area contributed by atoms with Crippen LogP contribution >= 0.6 is 0 Å². The van der Waals surface area contributed by atoms with Crippen molar-refractivity contribution in [2.24, 2.45) is 7.05 Å². The molecule has 0 aliphatic rings. The number of para-hydroxylation sites is 1. The van der Waals surface area contributed by atoms with Gasteiger partial charge in [-0.2, -0.15) is 10.4 Å². The molecule has 70 valence electrons. The Kier molecular flexibility index (Phi) is 2.19. The monoisotopic (exact) mass is 185 g/mol. The standard InChI is InChI=1S/C11H11N3/c1-14-11-7-3-2-5-9(11)10(13-14)6-4-8-12/h2-3,5,7H,4,6H2,1H3. The van der Waals surface area contributed by atoms with Crippen LogP contribution < -0.4 is 0 Å². The van der Waals surface area contributed by atoms with Crippen molar-refractivity contribution in [2.45, 2.75) is 12.8 Å². The van der Waals surface area contributed by atoms with Crippen LogP contribution in [0.3, 0.4) is 0 Å². The first kappa shape index (κ1) is 8.76. The van der Waals surface area contributed by atoms with Crippen LogP contribution in [-0.4, -0.2) is 9.78 Å². The average Bonchev–Trinajstić information content (AvgIpc) is 2.54. The van der Waals surface area contributed by atoms with E-state index >= 15 is 0 Å². The maximum Gasteiger partial charge on any atom is 0.0713 e. The SMILES string of the molecule is Cn1nc(CCC#N)c2ccccc21. The van der Waals surface area contributed by atoms with E-state index in [9.17, 15) is 0 Å². The minimum atomic E-state index is 0.529. The highest BCUT2D eigenvalue weighted by atomic mass is 15.3. The fourth-order valence-corrected chi connectivity index (χ4v) is 1.65. The Labute approximate surface area is 82.6 Å². The van der Waals surface area contributed by atoms with Crippen LogP contribution in [0.4, 0.5) is 0 Å². The molecule has 0 unspecified atom stereocenters. The second-order valence-electron chi connectivity index (χ2n) is 3.25. The Hall–Kier alpha value is -1.82. The summed E-state index contributed by atoms with van der Waals surface area (Å²) in [6, 6.07) is 10.2. The average molecular weight is 185 g/mol. The lowest BCUT2D eigenvalue weighted by atomic mass is 10.1. The first-order valence-electron chi connectivity index (χ1n) is 4.60. The molecule has 0 saturated carbocycles. The Morgan fingerprint density at radius 2 is 2.21 bits per heavy atom. The van der Waals surface area contributed by atoms with Gasteiger partial charge in [-0.1, -0.05) is 18.2 Å². The Bertz CT molecular complexity index is 491. The van der Waals surface area contributed by atoms with E-state index in [1.807, 2.05) is 29.9 Å². The van der Waals surface area contributed by atoms with Gasteiger partial charge in [-0.3, -0.25) is 4.68 Å². The van der Waals surface area contributed by atoms with E-state index in [1.165, 1.54) is 0 Å². The smallest absolute Gasteiger partial charge is 0.0713 e. The van der Waals surface area contributed by atoms with Crippen molar-refractivity contribution in [1.82, 2.24) is 9.78 Å². The van der Waals surface area contributed by atoms with E-state index < -0.39 is 0 Å². The van der Waals surface area contributed by atoms with Gasteiger partial charge in [0.1, 0.15) is 0 Å². The zero-order valence-corrected chi connectivity index (χ0v) is 8.07. The van der Waals surface area contributed by atoms with Gasteiger partial charge < -0.3 is 0 Å². The normalized spacial score (nSPS) is 10.3. The Balaban J connectivity index is 2.51. The number of nitriles is 1. The fourth-order valence-electron chi connectivity index (χ4n) is 1.65. The third-order valence-corrected chi connectivity index (χ3v) is 2.31. The molecule has 0 amide bonds. The first-order valence-corrected chi connectivity index (χ1v) is 4.60. The van der Waals surface area contributed by atoms with Crippen molar-refractivity contribution >= 4 is 10.9 Å². The highest BCUT2D eigenvalue weighted by Crippen LogP contribution is 2.18. The predicted octanol–water partition coefficient (Wildman–Crippen LogP) is 2.03. The van der Waals surface area contributed by atoms with Gasteiger partial charge in [-0.05, 0) is 6.07 Å². The molecule has 2 rings (SSSR count). The molecular formula is C11H11N3. The summed E-state index contributed by atoms with van der Waals surface area (Å²) < 4.78 is 1.86. The predicted molar refractivity (Wildman–Crippen MR) is 54.6 cm³/mol. The maximum absolute atomic E-state index is 8.52. The van der Waals surface area contributed by atoms with E-state index in [4.69, 9.17) is 5.26 Å². The minimum absolute atomic E-state index is 0.529. The molecule has 0 radical (unpaired) electrons. The third kappa shape index (κ3) is 1.35. The highest BCUT2D eigenvalue weighted by Gasteiger charge is 2.06. The summed E-state index contributed by atoms with van der Waals surface area (Å²) in [7, 11) is 1.93. The third-order valence-electron chi connectivity index (χ3n) is 2.31. The number of hydrogen-bond donors (Lipinski definition) is 0. The van der Waals surface area contributed by atoms with Crippen molar-refractivity contribution in [2.75, 3.05) is 0 Å². The second-order valence-corrected chi connectivity index (χ2v) is 3.25. The van der Waals surface area contributed by atoms with Crippen molar-refractivity contribution < 1.29 is 0 Å². The van der Waals surface area contributed by atoms with Gasteiger partial charge in [0.15, 0.2) is 0 Å². The number of hydrogen-bond acceptors (Lipinski definition) is 2. The van der Waals surface area contributed by atoms with Crippen molar-refractivity contribution in [3.63, 3.8) is 0 Å². The fraction of sp³-hybridized carbons (Fsp3) is 0.273. The summed E-state index contributed by atoms with van der Waals surface area (Å²) in [6.07, 6.45) is 1.26. The van der Waals surface area contributed by atoms with Crippen LogP contribution in [0.15, 0.2) is 24.3 Å². The number of benzene rings is 1.